The van der Waals surface area contributed by atoms with Gasteiger partial charge in [-0.25, -0.2) is 0 Å². The van der Waals surface area contributed by atoms with Gasteiger partial charge in [-0.15, -0.1) is 0 Å². The number of hydrogen-bond acceptors (Lipinski definition) is 3. The normalized spacial score (nSPS) is 16.7. The Labute approximate surface area is 116 Å². The SMILES string of the molecule is CNc1cc(C)c(C2CCNCC2)cc1OC(C)C. The molecule has 1 aliphatic rings. The van der Waals surface area contributed by atoms with Crippen LogP contribution in [0.2, 0.25) is 0 Å². The van der Waals surface area contributed by atoms with Crippen LogP contribution in [0.5, 0.6) is 5.75 Å². The Hall–Kier alpha value is -1.22. The zero-order valence-electron chi connectivity index (χ0n) is 12.5. The molecule has 2 rings (SSSR count). The zero-order valence-corrected chi connectivity index (χ0v) is 12.5. The molecule has 0 bridgehead atoms. The van der Waals surface area contributed by atoms with Gasteiger partial charge in [-0.2, -0.15) is 0 Å². The van der Waals surface area contributed by atoms with E-state index in [9.17, 15) is 0 Å². The summed E-state index contributed by atoms with van der Waals surface area (Å²) >= 11 is 0. The van der Waals surface area contributed by atoms with E-state index < -0.39 is 0 Å². The minimum Gasteiger partial charge on any atom is -0.489 e. The minimum absolute atomic E-state index is 0.204. The average Bonchev–Trinajstić information content (AvgIpc) is 2.40. The van der Waals surface area contributed by atoms with Crippen LogP contribution >= 0.6 is 0 Å². The average molecular weight is 262 g/mol. The minimum atomic E-state index is 0.204. The third-order valence-electron chi connectivity index (χ3n) is 3.78. The van der Waals surface area contributed by atoms with Gasteiger partial charge in [0.2, 0.25) is 0 Å². The van der Waals surface area contributed by atoms with E-state index in [2.05, 4.69) is 43.5 Å². The Morgan fingerprint density at radius 2 is 1.95 bits per heavy atom. The number of nitrogens with one attached hydrogen (secondary N) is 2. The van der Waals surface area contributed by atoms with Crippen LogP contribution in [0.25, 0.3) is 0 Å². The van der Waals surface area contributed by atoms with Crippen molar-refractivity contribution in [3.63, 3.8) is 0 Å². The number of ether oxygens (including phenoxy) is 1. The molecule has 106 valence electrons. The summed E-state index contributed by atoms with van der Waals surface area (Å²) in [5.41, 5.74) is 3.91. The Morgan fingerprint density at radius 3 is 2.53 bits per heavy atom. The molecule has 0 atom stereocenters. The molecule has 1 aromatic rings. The molecule has 1 fully saturated rings. The van der Waals surface area contributed by atoms with Crippen molar-refractivity contribution >= 4 is 5.69 Å². The summed E-state index contributed by atoms with van der Waals surface area (Å²) in [5.74, 6) is 1.65. The summed E-state index contributed by atoms with van der Waals surface area (Å²) < 4.78 is 5.94. The molecule has 0 spiro atoms. The number of rotatable bonds is 4. The molecule has 0 radical (unpaired) electrons. The van der Waals surface area contributed by atoms with Crippen LogP contribution in [0, 0.1) is 6.92 Å². The van der Waals surface area contributed by atoms with Crippen LogP contribution in [0.3, 0.4) is 0 Å². The van der Waals surface area contributed by atoms with E-state index in [-0.39, 0.29) is 6.10 Å². The van der Waals surface area contributed by atoms with E-state index in [1.54, 1.807) is 0 Å². The Bertz CT molecular complexity index is 423. The highest BCUT2D eigenvalue weighted by Crippen LogP contribution is 2.35. The second kappa shape index (κ2) is 6.29. The first-order chi connectivity index (χ1) is 9.11. The molecule has 1 aliphatic heterocycles. The van der Waals surface area contributed by atoms with Crippen LogP contribution in [-0.4, -0.2) is 26.2 Å². The summed E-state index contributed by atoms with van der Waals surface area (Å²) in [7, 11) is 1.95. The van der Waals surface area contributed by atoms with E-state index in [4.69, 9.17) is 4.74 Å². The van der Waals surface area contributed by atoms with Crippen molar-refractivity contribution in [1.82, 2.24) is 5.32 Å². The highest BCUT2D eigenvalue weighted by molar-refractivity contribution is 5.60. The second-order valence-electron chi connectivity index (χ2n) is 5.65. The first kappa shape index (κ1) is 14.2. The van der Waals surface area contributed by atoms with E-state index >= 15 is 0 Å². The van der Waals surface area contributed by atoms with Crippen LogP contribution in [0.1, 0.15) is 43.7 Å². The van der Waals surface area contributed by atoms with Crippen molar-refractivity contribution in [2.45, 2.75) is 45.6 Å². The van der Waals surface area contributed by atoms with Crippen molar-refractivity contribution < 1.29 is 4.74 Å². The summed E-state index contributed by atoms with van der Waals surface area (Å²) in [6.07, 6.45) is 2.65. The molecule has 0 saturated carbocycles. The molecule has 3 heteroatoms. The number of hydrogen-bond donors (Lipinski definition) is 2. The van der Waals surface area contributed by atoms with Gasteiger partial charge in [-0.3, -0.25) is 0 Å². The van der Waals surface area contributed by atoms with E-state index in [1.165, 1.54) is 24.0 Å². The number of anilines is 1. The van der Waals surface area contributed by atoms with Gasteiger partial charge in [0.25, 0.3) is 0 Å². The first-order valence-electron chi connectivity index (χ1n) is 7.31. The predicted octanol–water partition coefficient (Wildman–Crippen LogP) is 3.29. The molecular weight excluding hydrogens is 236 g/mol. The van der Waals surface area contributed by atoms with Gasteiger partial charge in [0.15, 0.2) is 0 Å². The molecule has 0 aliphatic carbocycles. The van der Waals surface area contributed by atoms with Gasteiger partial charge in [0.1, 0.15) is 5.75 Å². The largest absolute Gasteiger partial charge is 0.489 e. The topological polar surface area (TPSA) is 33.3 Å². The summed E-state index contributed by atoms with van der Waals surface area (Å²) in [6.45, 7) is 8.60. The van der Waals surface area contributed by atoms with Crippen LogP contribution in [0.4, 0.5) is 5.69 Å². The fraction of sp³-hybridized carbons (Fsp3) is 0.625. The maximum absolute atomic E-state index is 5.94. The van der Waals surface area contributed by atoms with Gasteiger partial charge < -0.3 is 15.4 Å². The Balaban J connectivity index is 2.31. The Kier molecular flexibility index (Phi) is 4.70. The van der Waals surface area contributed by atoms with E-state index in [0.29, 0.717) is 5.92 Å². The van der Waals surface area contributed by atoms with Gasteiger partial charge in [0.05, 0.1) is 11.8 Å². The monoisotopic (exact) mass is 262 g/mol. The fourth-order valence-corrected chi connectivity index (χ4v) is 2.82. The maximum atomic E-state index is 5.94. The molecule has 1 heterocycles. The molecule has 0 aromatic heterocycles. The second-order valence-corrected chi connectivity index (χ2v) is 5.65. The molecule has 1 saturated heterocycles. The molecule has 0 unspecified atom stereocenters. The molecular formula is C16H26N2O. The zero-order chi connectivity index (χ0) is 13.8. The quantitative estimate of drug-likeness (QED) is 0.873. The lowest BCUT2D eigenvalue weighted by molar-refractivity contribution is 0.243. The van der Waals surface area contributed by atoms with E-state index in [0.717, 1.165) is 24.5 Å². The maximum Gasteiger partial charge on any atom is 0.143 e. The highest BCUT2D eigenvalue weighted by atomic mass is 16.5. The lowest BCUT2D eigenvalue weighted by atomic mass is 9.87. The number of piperidine rings is 1. The van der Waals surface area contributed by atoms with Gasteiger partial charge in [0, 0.05) is 7.05 Å². The summed E-state index contributed by atoms with van der Waals surface area (Å²) in [5, 5.41) is 6.66. The lowest BCUT2D eigenvalue weighted by Crippen LogP contribution is -2.27. The highest BCUT2D eigenvalue weighted by Gasteiger charge is 2.19. The van der Waals surface area contributed by atoms with Gasteiger partial charge >= 0.3 is 0 Å². The summed E-state index contributed by atoms with van der Waals surface area (Å²) in [4.78, 5) is 0. The lowest BCUT2D eigenvalue weighted by Gasteiger charge is -2.26. The smallest absolute Gasteiger partial charge is 0.143 e. The van der Waals surface area contributed by atoms with Crippen molar-refractivity contribution in [1.29, 1.82) is 0 Å². The third-order valence-corrected chi connectivity index (χ3v) is 3.78. The van der Waals surface area contributed by atoms with Crippen LogP contribution in [0.15, 0.2) is 12.1 Å². The number of benzene rings is 1. The Morgan fingerprint density at radius 1 is 1.26 bits per heavy atom. The van der Waals surface area contributed by atoms with Crippen LogP contribution < -0.4 is 15.4 Å². The third kappa shape index (κ3) is 3.41. The van der Waals surface area contributed by atoms with Gasteiger partial charge in [-0.1, -0.05) is 0 Å². The number of aryl methyl sites for hydroxylation is 1. The predicted molar refractivity (Wildman–Crippen MR) is 81.3 cm³/mol. The molecule has 3 nitrogen and oxygen atoms in total. The van der Waals surface area contributed by atoms with Gasteiger partial charge in [-0.05, 0) is 75.9 Å². The fourth-order valence-electron chi connectivity index (χ4n) is 2.82. The van der Waals surface area contributed by atoms with Crippen molar-refractivity contribution in [2.24, 2.45) is 0 Å². The van der Waals surface area contributed by atoms with E-state index in [1.807, 2.05) is 7.05 Å². The first-order valence-corrected chi connectivity index (χ1v) is 7.31. The van der Waals surface area contributed by atoms with Crippen molar-refractivity contribution in [3.05, 3.63) is 23.3 Å². The standard InChI is InChI=1S/C16H26N2O/c1-11(2)19-16-10-14(12(3)9-15(16)17-4)13-5-7-18-8-6-13/h9-11,13,17-18H,5-8H2,1-4H3. The molecule has 2 N–H and O–H groups in total. The molecule has 19 heavy (non-hydrogen) atoms. The van der Waals surface area contributed by atoms with Crippen molar-refractivity contribution in [3.8, 4) is 5.75 Å². The van der Waals surface area contributed by atoms with Crippen LogP contribution in [-0.2, 0) is 0 Å². The summed E-state index contributed by atoms with van der Waals surface area (Å²) in [6, 6.07) is 4.46. The molecule has 0 amide bonds. The molecule has 1 aromatic carbocycles. The van der Waals surface area contributed by atoms with Crippen molar-refractivity contribution in [2.75, 3.05) is 25.5 Å².